The second kappa shape index (κ2) is 11.7. The molecule has 3 heteroatoms. The number of aliphatic hydroxyl groups is 1. The Morgan fingerprint density at radius 1 is 0.933 bits per heavy atom. The lowest BCUT2D eigenvalue weighted by molar-refractivity contribution is 0.145. The third-order valence-corrected chi connectivity index (χ3v) is 5.74. The van der Waals surface area contributed by atoms with Gasteiger partial charge in [0.1, 0.15) is 0 Å². The van der Waals surface area contributed by atoms with Crippen LogP contribution in [0.2, 0.25) is 0 Å². The van der Waals surface area contributed by atoms with Crippen LogP contribution in [0.3, 0.4) is 0 Å². The topological polar surface area (TPSA) is 26.7 Å². The van der Waals surface area contributed by atoms with E-state index in [1.165, 1.54) is 24.9 Å². The lowest BCUT2D eigenvalue weighted by Crippen LogP contribution is -2.30. The summed E-state index contributed by atoms with van der Waals surface area (Å²) in [5, 5.41) is 11.3. The molecule has 0 aliphatic carbocycles. The monoisotopic (exact) mass is 406 g/mol. The molecule has 0 aromatic heterocycles. The molecule has 0 saturated carbocycles. The van der Waals surface area contributed by atoms with Crippen molar-refractivity contribution in [3.63, 3.8) is 0 Å². The Morgan fingerprint density at radius 3 is 1.93 bits per heavy atom. The molecule has 0 spiro atoms. The SMILES string of the molecule is C#CC(O)(c1ccc(N(CC)CCC)cc1)c1ccc(N2CCCCC2)cc1.CC. The molecule has 0 amide bonds. The molecule has 1 unspecified atom stereocenters. The smallest absolute Gasteiger partial charge is 0.176 e. The second-order valence-electron chi connectivity index (χ2n) is 7.58. The number of rotatable bonds is 7. The van der Waals surface area contributed by atoms with Crippen molar-refractivity contribution >= 4 is 11.4 Å². The molecular formula is C27H38N2O. The molecule has 2 aromatic rings. The van der Waals surface area contributed by atoms with Gasteiger partial charge < -0.3 is 14.9 Å². The summed E-state index contributed by atoms with van der Waals surface area (Å²) < 4.78 is 0. The lowest BCUT2D eigenvalue weighted by Gasteiger charge is -2.30. The molecule has 30 heavy (non-hydrogen) atoms. The normalized spacial score (nSPS) is 15.4. The Morgan fingerprint density at radius 2 is 1.47 bits per heavy atom. The number of terminal acetylenes is 1. The fourth-order valence-electron chi connectivity index (χ4n) is 4.05. The fraction of sp³-hybridized carbons (Fsp3) is 0.481. The average molecular weight is 407 g/mol. The molecule has 1 saturated heterocycles. The number of hydrogen-bond donors (Lipinski definition) is 1. The van der Waals surface area contributed by atoms with Crippen LogP contribution in [-0.4, -0.2) is 31.3 Å². The van der Waals surface area contributed by atoms with Crippen molar-refractivity contribution in [2.75, 3.05) is 36.0 Å². The van der Waals surface area contributed by atoms with Gasteiger partial charge >= 0.3 is 0 Å². The Hall–Kier alpha value is -2.44. The number of anilines is 2. The maximum atomic E-state index is 11.3. The Bertz CT molecular complexity index is 735. The Balaban J connectivity index is 0.00000155. The lowest BCUT2D eigenvalue weighted by atomic mass is 9.87. The van der Waals surface area contributed by atoms with Crippen LogP contribution in [0.25, 0.3) is 0 Å². The molecule has 1 fully saturated rings. The van der Waals surface area contributed by atoms with Crippen molar-refractivity contribution in [2.24, 2.45) is 0 Å². The first-order chi connectivity index (χ1) is 14.6. The third-order valence-electron chi connectivity index (χ3n) is 5.74. The highest BCUT2D eigenvalue weighted by atomic mass is 16.3. The molecule has 0 radical (unpaired) electrons. The zero-order valence-electron chi connectivity index (χ0n) is 19.2. The van der Waals surface area contributed by atoms with Crippen molar-refractivity contribution < 1.29 is 5.11 Å². The highest BCUT2D eigenvalue weighted by Crippen LogP contribution is 2.32. The van der Waals surface area contributed by atoms with Gasteiger partial charge in [0, 0.05) is 48.7 Å². The van der Waals surface area contributed by atoms with Crippen molar-refractivity contribution in [1.82, 2.24) is 0 Å². The van der Waals surface area contributed by atoms with E-state index < -0.39 is 5.60 Å². The van der Waals surface area contributed by atoms with Crippen LogP contribution in [0.5, 0.6) is 0 Å². The molecule has 3 nitrogen and oxygen atoms in total. The first kappa shape index (κ1) is 23.8. The van der Waals surface area contributed by atoms with E-state index in [4.69, 9.17) is 6.42 Å². The molecule has 2 aromatic carbocycles. The van der Waals surface area contributed by atoms with Gasteiger partial charge in [0.15, 0.2) is 5.60 Å². The fourth-order valence-corrected chi connectivity index (χ4v) is 4.05. The minimum atomic E-state index is -1.42. The van der Waals surface area contributed by atoms with Crippen LogP contribution in [-0.2, 0) is 5.60 Å². The number of nitrogens with zero attached hydrogens (tertiary/aromatic N) is 2. The van der Waals surface area contributed by atoms with Gasteiger partial charge in [0.25, 0.3) is 0 Å². The van der Waals surface area contributed by atoms with Crippen molar-refractivity contribution in [3.05, 3.63) is 59.7 Å². The van der Waals surface area contributed by atoms with Gasteiger partial charge in [-0.25, -0.2) is 0 Å². The van der Waals surface area contributed by atoms with Gasteiger partial charge in [-0.15, -0.1) is 6.42 Å². The maximum absolute atomic E-state index is 11.3. The zero-order valence-corrected chi connectivity index (χ0v) is 19.2. The minimum absolute atomic E-state index is 0.733. The number of hydrogen-bond acceptors (Lipinski definition) is 3. The van der Waals surface area contributed by atoms with E-state index in [1.807, 2.05) is 38.1 Å². The van der Waals surface area contributed by atoms with Crippen LogP contribution in [0, 0.1) is 12.3 Å². The van der Waals surface area contributed by atoms with Crippen molar-refractivity contribution in [2.45, 2.75) is 59.0 Å². The Kier molecular flexibility index (Phi) is 9.27. The van der Waals surface area contributed by atoms with Crippen LogP contribution in [0.15, 0.2) is 48.5 Å². The first-order valence-electron chi connectivity index (χ1n) is 11.5. The standard InChI is InChI=1S/C25H32N2O.C2H6/c1-4-18-26(6-3)23-14-10-21(11-15-23)25(28,5-2)22-12-16-24(17-13-22)27-19-8-7-9-20-27;1-2/h2,10-17,28H,4,6-9,18-20H2,1,3H3;1-2H3. The van der Waals surface area contributed by atoms with Crippen molar-refractivity contribution in [1.29, 1.82) is 0 Å². The van der Waals surface area contributed by atoms with E-state index in [2.05, 4.69) is 53.8 Å². The zero-order chi connectivity index (χ0) is 22.0. The molecular weight excluding hydrogens is 368 g/mol. The summed E-state index contributed by atoms with van der Waals surface area (Å²) in [5.74, 6) is 2.63. The van der Waals surface area contributed by atoms with E-state index in [-0.39, 0.29) is 0 Å². The summed E-state index contributed by atoms with van der Waals surface area (Å²) in [6, 6.07) is 16.1. The van der Waals surface area contributed by atoms with E-state index >= 15 is 0 Å². The third kappa shape index (κ3) is 5.37. The second-order valence-corrected chi connectivity index (χ2v) is 7.58. The molecule has 1 heterocycles. The quantitative estimate of drug-likeness (QED) is 0.588. The average Bonchev–Trinajstić information content (AvgIpc) is 2.84. The van der Waals surface area contributed by atoms with Gasteiger partial charge in [0.2, 0.25) is 0 Å². The van der Waals surface area contributed by atoms with Crippen molar-refractivity contribution in [3.8, 4) is 12.3 Å². The van der Waals surface area contributed by atoms with Gasteiger partial charge in [0.05, 0.1) is 0 Å². The van der Waals surface area contributed by atoms with Gasteiger partial charge in [-0.1, -0.05) is 51.0 Å². The summed E-state index contributed by atoms with van der Waals surface area (Å²) in [4.78, 5) is 4.73. The van der Waals surface area contributed by atoms with E-state index in [0.29, 0.717) is 0 Å². The molecule has 1 aliphatic rings. The summed E-state index contributed by atoms with van der Waals surface area (Å²) in [6.07, 6.45) is 10.7. The summed E-state index contributed by atoms with van der Waals surface area (Å²) in [5.41, 5.74) is 2.42. The van der Waals surface area contributed by atoms with Crippen LogP contribution in [0.4, 0.5) is 11.4 Å². The van der Waals surface area contributed by atoms with E-state index in [9.17, 15) is 5.11 Å². The molecule has 1 aliphatic heterocycles. The van der Waals surface area contributed by atoms with Crippen LogP contribution in [0.1, 0.15) is 64.5 Å². The molecule has 3 rings (SSSR count). The summed E-state index contributed by atoms with van der Waals surface area (Å²) >= 11 is 0. The molecule has 1 N–H and O–H groups in total. The Labute approximate surface area is 183 Å². The highest BCUT2D eigenvalue weighted by Gasteiger charge is 2.29. The molecule has 162 valence electrons. The van der Waals surface area contributed by atoms with E-state index in [1.54, 1.807) is 0 Å². The highest BCUT2D eigenvalue weighted by molar-refractivity contribution is 5.55. The number of piperidine rings is 1. The van der Waals surface area contributed by atoms with E-state index in [0.717, 1.165) is 49.4 Å². The minimum Gasteiger partial charge on any atom is -0.372 e. The van der Waals surface area contributed by atoms with Gasteiger partial charge in [-0.3, -0.25) is 0 Å². The van der Waals surface area contributed by atoms with Crippen LogP contribution >= 0.6 is 0 Å². The first-order valence-corrected chi connectivity index (χ1v) is 11.5. The van der Waals surface area contributed by atoms with Gasteiger partial charge in [-0.05, 0) is 56.9 Å². The number of benzene rings is 2. The van der Waals surface area contributed by atoms with Crippen LogP contribution < -0.4 is 9.80 Å². The summed E-state index contributed by atoms with van der Waals surface area (Å²) in [6.45, 7) is 12.5. The predicted octanol–water partition coefficient (Wildman–Crippen LogP) is 5.81. The summed E-state index contributed by atoms with van der Waals surface area (Å²) in [7, 11) is 0. The molecule has 0 bridgehead atoms. The molecule has 1 atom stereocenters. The largest absolute Gasteiger partial charge is 0.372 e. The van der Waals surface area contributed by atoms with Gasteiger partial charge in [-0.2, -0.15) is 0 Å². The maximum Gasteiger partial charge on any atom is 0.176 e. The predicted molar refractivity (Wildman–Crippen MR) is 130 cm³/mol.